The highest BCUT2D eigenvalue weighted by Gasteiger charge is 2.16. The quantitative estimate of drug-likeness (QED) is 0.285. The Kier molecular flexibility index (Phi) is 9.42. The molecule has 1 atom stereocenters. The highest BCUT2D eigenvalue weighted by Crippen LogP contribution is 2.26. The van der Waals surface area contributed by atoms with E-state index in [-0.39, 0.29) is 5.56 Å². The molecular formula is C27H33N3O4S. The Morgan fingerprint density at radius 1 is 0.943 bits per heavy atom. The first-order valence-corrected chi connectivity index (χ1v) is 13.6. The third-order valence-electron chi connectivity index (χ3n) is 5.51. The molecule has 1 amide bonds. The Balaban J connectivity index is 1.62. The zero-order valence-electron chi connectivity index (χ0n) is 20.1. The number of hydrogen-bond donors (Lipinski definition) is 4. The monoisotopic (exact) mass is 495 g/mol. The predicted molar refractivity (Wildman–Crippen MR) is 141 cm³/mol. The van der Waals surface area contributed by atoms with Gasteiger partial charge < -0.3 is 15.7 Å². The van der Waals surface area contributed by atoms with Crippen molar-refractivity contribution in [2.45, 2.75) is 25.9 Å². The SMILES string of the molecule is CCCNc1cc(-c2ccc(CCNC[C@H](O)c3ccccc3)cc2)ccc1C(=O)NS(C)(=O)=O. The van der Waals surface area contributed by atoms with Crippen LogP contribution in [0.1, 0.15) is 40.9 Å². The number of carbonyl (C=O) groups excluding carboxylic acids is 1. The molecule has 0 radical (unpaired) electrons. The van der Waals surface area contributed by atoms with Crippen molar-refractivity contribution in [3.8, 4) is 11.1 Å². The first kappa shape index (κ1) is 26.4. The van der Waals surface area contributed by atoms with Gasteiger partial charge in [0.2, 0.25) is 10.0 Å². The summed E-state index contributed by atoms with van der Waals surface area (Å²) in [5.41, 5.74) is 4.87. The fourth-order valence-electron chi connectivity index (χ4n) is 3.68. The Hall–Kier alpha value is -3.20. The number of benzene rings is 3. The average Bonchev–Trinajstić information content (AvgIpc) is 2.85. The summed E-state index contributed by atoms with van der Waals surface area (Å²) in [6.07, 6.45) is 2.12. The molecule has 35 heavy (non-hydrogen) atoms. The molecule has 0 aliphatic rings. The summed E-state index contributed by atoms with van der Waals surface area (Å²) < 4.78 is 25.0. The van der Waals surface area contributed by atoms with Crippen LogP contribution in [0, 0.1) is 0 Å². The molecule has 4 N–H and O–H groups in total. The number of nitrogens with one attached hydrogen (secondary N) is 3. The van der Waals surface area contributed by atoms with Crippen molar-refractivity contribution in [1.82, 2.24) is 10.0 Å². The van der Waals surface area contributed by atoms with Crippen molar-refractivity contribution in [2.75, 3.05) is 31.2 Å². The van der Waals surface area contributed by atoms with Gasteiger partial charge in [0.1, 0.15) is 0 Å². The van der Waals surface area contributed by atoms with E-state index in [1.54, 1.807) is 6.07 Å². The van der Waals surface area contributed by atoms with Gasteiger partial charge in [-0.25, -0.2) is 13.1 Å². The van der Waals surface area contributed by atoms with E-state index in [0.717, 1.165) is 42.3 Å². The minimum Gasteiger partial charge on any atom is -0.387 e. The van der Waals surface area contributed by atoms with Crippen LogP contribution >= 0.6 is 0 Å². The maximum Gasteiger partial charge on any atom is 0.266 e. The first-order valence-electron chi connectivity index (χ1n) is 11.7. The molecule has 8 heteroatoms. The second kappa shape index (κ2) is 12.5. The van der Waals surface area contributed by atoms with E-state index in [4.69, 9.17) is 0 Å². The zero-order chi connectivity index (χ0) is 25.3. The van der Waals surface area contributed by atoms with Gasteiger partial charge in [-0.3, -0.25) is 4.79 Å². The number of aliphatic hydroxyl groups is 1. The molecule has 0 spiro atoms. The van der Waals surface area contributed by atoms with Crippen molar-refractivity contribution < 1.29 is 18.3 Å². The highest BCUT2D eigenvalue weighted by atomic mass is 32.2. The Morgan fingerprint density at radius 3 is 2.29 bits per heavy atom. The van der Waals surface area contributed by atoms with E-state index < -0.39 is 22.0 Å². The Bertz CT molecular complexity index is 1210. The lowest BCUT2D eigenvalue weighted by Gasteiger charge is -2.14. The summed E-state index contributed by atoms with van der Waals surface area (Å²) in [4.78, 5) is 12.4. The molecule has 186 valence electrons. The lowest BCUT2D eigenvalue weighted by Crippen LogP contribution is -2.30. The molecule has 0 aliphatic heterocycles. The van der Waals surface area contributed by atoms with Crippen LogP contribution in [0.4, 0.5) is 5.69 Å². The molecule has 3 aromatic carbocycles. The van der Waals surface area contributed by atoms with E-state index in [2.05, 4.69) is 22.8 Å². The fourth-order valence-corrected chi connectivity index (χ4v) is 4.13. The van der Waals surface area contributed by atoms with Crippen LogP contribution in [0.25, 0.3) is 11.1 Å². The van der Waals surface area contributed by atoms with Gasteiger partial charge in [0.15, 0.2) is 0 Å². The van der Waals surface area contributed by atoms with Crippen molar-refractivity contribution >= 4 is 21.6 Å². The van der Waals surface area contributed by atoms with Gasteiger partial charge in [0, 0.05) is 18.8 Å². The minimum absolute atomic E-state index is 0.285. The molecule has 3 aromatic rings. The predicted octanol–water partition coefficient (Wildman–Crippen LogP) is 3.73. The summed E-state index contributed by atoms with van der Waals surface area (Å²) in [6, 6.07) is 23.1. The summed E-state index contributed by atoms with van der Waals surface area (Å²) in [5, 5.41) is 16.8. The van der Waals surface area contributed by atoms with Gasteiger partial charge in [-0.2, -0.15) is 0 Å². The van der Waals surface area contributed by atoms with E-state index in [0.29, 0.717) is 18.8 Å². The molecule has 7 nitrogen and oxygen atoms in total. The van der Waals surface area contributed by atoms with Gasteiger partial charge in [-0.1, -0.05) is 67.6 Å². The van der Waals surface area contributed by atoms with Gasteiger partial charge >= 0.3 is 0 Å². The number of rotatable bonds is 12. The highest BCUT2D eigenvalue weighted by molar-refractivity contribution is 7.89. The second-order valence-electron chi connectivity index (χ2n) is 8.47. The molecular weight excluding hydrogens is 462 g/mol. The van der Waals surface area contributed by atoms with E-state index in [9.17, 15) is 18.3 Å². The number of carbonyl (C=O) groups is 1. The second-order valence-corrected chi connectivity index (χ2v) is 10.2. The number of sulfonamides is 1. The van der Waals surface area contributed by atoms with Crippen LogP contribution in [0.5, 0.6) is 0 Å². The maximum absolute atomic E-state index is 12.4. The van der Waals surface area contributed by atoms with Gasteiger partial charge in [-0.05, 0) is 53.8 Å². The number of hydrogen-bond acceptors (Lipinski definition) is 6. The van der Waals surface area contributed by atoms with Crippen molar-refractivity contribution in [3.05, 3.63) is 89.5 Å². The number of aliphatic hydroxyl groups excluding tert-OH is 1. The zero-order valence-corrected chi connectivity index (χ0v) is 20.9. The lowest BCUT2D eigenvalue weighted by atomic mass is 10.00. The third kappa shape index (κ3) is 8.20. The number of amides is 1. The molecule has 0 saturated heterocycles. The summed E-state index contributed by atoms with van der Waals surface area (Å²) in [5.74, 6) is -0.655. The summed E-state index contributed by atoms with van der Waals surface area (Å²) >= 11 is 0. The minimum atomic E-state index is -3.65. The van der Waals surface area contributed by atoms with Crippen molar-refractivity contribution in [2.24, 2.45) is 0 Å². The average molecular weight is 496 g/mol. The standard InChI is InChI=1S/C27H33N3O4S/c1-3-16-29-25-18-23(13-14-24(25)27(32)30-35(2,33)34)21-11-9-20(10-12-21)15-17-28-19-26(31)22-7-5-4-6-8-22/h4-14,18,26,28-29,31H,3,15-17,19H2,1-2H3,(H,30,32)/t26-/m0/s1. The van der Waals surface area contributed by atoms with Crippen molar-refractivity contribution in [1.29, 1.82) is 0 Å². The molecule has 0 unspecified atom stereocenters. The van der Waals surface area contributed by atoms with Gasteiger partial charge in [0.05, 0.1) is 17.9 Å². The van der Waals surface area contributed by atoms with Crippen LogP contribution in [0.3, 0.4) is 0 Å². The van der Waals surface area contributed by atoms with Gasteiger partial charge in [0.25, 0.3) is 5.91 Å². The van der Waals surface area contributed by atoms with Crippen molar-refractivity contribution in [3.63, 3.8) is 0 Å². The van der Waals surface area contributed by atoms with Gasteiger partial charge in [-0.15, -0.1) is 0 Å². The maximum atomic E-state index is 12.4. The smallest absolute Gasteiger partial charge is 0.266 e. The largest absolute Gasteiger partial charge is 0.387 e. The van der Waals surface area contributed by atoms with E-state index in [1.165, 1.54) is 5.56 Å². The molecule has 0 saturated carbocycles. The topological polar surface area (TPSA) is 108 Å². The van der Waals surface area contributed by atoms with E-state index in [1.807, 2.05) is 66.2 Å². The van der Waals surface area contributed by atoms with Crippen LogP contribution < -0.4 is 15.4 Å². The normalized spacial score (nSPS) is 12.2. The molecule has 0 fully saturated rings. The lowest BCUT2D eigenvalue weighted by molar-refractivity contribution is 0.0982. The summed E-state index contributed by atoms with van der Waals surface area (Å²) in [6.45, 7) is 3.92. The Labute approximate surface area is 207 Å². The fraction of sp³-hybridized carbons (Fsp3) is 0.296. The van der Waals surface area contributed by atoms with Crippen LogP contribution in [0.2, 0.25) is 0 Å². The first-order chi connectivity index (χ1) is 16.8. The van der Waals surface area contributed by atoms with Crippen LogP contribution in [-0.4, -0.2) is 45.3 Å². The molecule has 0 aromatic heterocycles. The number of anilines is 1. The molecule has 0 heterocycles. The molecule has 3 rings (SSSR count). The van der Waals surface area contributed by atoms with Crippen LogP contribution in [0.15, 0.2) is 72.8 Å². The Morgan fingerprint density at radius 2 is 1.63 bits per heavy atom. The van der Waals surface area contributed by atoms with E-state index >= 15 is 0 Å². The molecule has 0 aliphatic carbocycles. The molecule has 0 bridgehead atoms. The summed E-state index contributed by atoms with van der Waals surface area (Å²) in [7, 11) is -3.65. The third-order valence-corrected chi connectivity index (χ3v) is 6.06. The van der Waals surface area contributed by atoms with Crippen LogP contribution in [-0.2, 0) is 16.4 Å².